The monoisotopic (exact) mass is 380 g/mol. The van der Waals surface area contributed by atoms with E-state index < -0.39 is 0 Å². The fourth-order valence-electron chi connectivity index (χ4n) is 3.71. The van der Waals surface area contributed by atoms with Crippen LogP contribution in [0.1, 0.15) is 46.0 Å². The van der Waals surface area contributed by atoms with Crippen LogP contribution in [-0.2, 0) is 9.53 Å². The first-order valence-electron chi connectivity index (χ1n) is 9.66. The van der Waals surface area contributed by atoms with E-state index in [0.29, 0.717) is 42.4 Å². The summed E-state index contributed by atoms with van der Waals surface area (Å²) in [4.78, 5) is 17.7. The predicted octanol–water partition coefficient (Wildman–Crippen LogP) is 4.12. The van der Waals surface area contributed by atoms with Crippen LogP contribution >= 0.6 is 11.6 Å². The maximum atomic E-state index is 11.1. The van der Waals surface area contributed by atoms with Gasteiger partial charge in [-0.15, -0.1) is 0 Å². The molecule has 2 fully saturated rings. The lowest BCUT2D eigenvalue weighted by atomic mass is 9.83. The first kappa shape index (κ1) is 19.4. The molecule has 0 radical (unpaired) electrons. The molecule has 2 aliphatic rings. The molecule has 6 heteroatoms. The Morgan fingerprint density at radius 2 is 2.12 bits per heavy atom. The van der Waals surface area contributed by atoms with Crippen LogP contribution in [-0.4, -0.2) is 43.2 Å². The molecule has 1 aromatic rings. The van der Waals surface area contributed by atoms with E-state index >= 15 is 0 Å². The summed E-state index contributed by atoms with van der Waals surface area (Å²) >= 11 is 6.51. The summed E-state index contributed by atoms with van der Waals surface area (Å²) in [6.07, 6.45) is 7.07. The molecule has 1 saturated carbocycles. The number of ether oxygens (including phenoxy) is 2. The summed E-state index contributed by atoms with van der Waals surface area (Å²) in [6, 6.07) is 1.97. The maximum absolute atomic E-state index is 11.1. The standard InChI is InChI=1S/C20H29ClN2O3/c1-14(9-15(2)24)12-25-17-10-16(11-17)13-26-20-19(21)18(5-6-22-20)23-7-3-4-8-23/h5-6,14,16-17H,3-4,7-13H2,1-2H3/t14-,16?,17?/m1/s1. The Morgan fingerprint density at radius 1 is 1.38 bits per heavy atom. The second-order valence-corrected chi connectivity index (χ2v) is 8.14. The van der Waals surface area contributed by atoms with Crippen molar-refractivity contribution in [1.29, 1.82) is 0 Å². The van der Waals surface area contributed by atoms with E-state index in [1.807, 2.05) is 6.07 Å². The number of carbonyl (C=O) groups is 1. The number of pyridine rings is 1. The molecular formula is C20H29ClN2O3. The van der Waals surface area contributed by atoms with Crippen molar-refractivity contribution >= 4 is 23.1 Å². The van der Waals surface area contributed by atoms with Gasteiger partial charge >= 0.3 is 0 Å². The molecule has 1 aromatic heterocycles. The van der Waals surface area contributed by atoms with Gasteiger partial charge in [0.15, 0.2) is 0 Å². The van der Waals surface area contributed by atoms with Crippen molar-refractivity contribution in [3.8, 4) is 5.88 Å². The molecule has 1 aliphatic heterocycles. The number of hydrogen-bond acceptors (Lipinski definition) is 5. The summed E-state index contributed by atoms with van der Waals surface area (Å²) in [6.45, 7) is 7.06. The average Bonchev–Trinajstić information content (AvgIpc) is 3.07. The van der Waals surface area contributed by atoms with E-state index in [1.54, 1.807) is 13.1 Å². The second-order valence-electron chi connectivity index (χ2n) is 7.76. The van der Waals surface area contributed by atoms with Crippen LogP contribution in [0.5, 0.6) is 5.88 Å². The van der Waals surface area contributed by atoms with Crippen molar-refractivity contribution in [2.75, 3.05) is 31.2 Å². The van der Waals surface area contributed by atoms with E-state index in [2.05, 4.69) is 16.8 Å². The fourth-order valence-corrected chi connectivity index (χ4v) is 4.00. The summed E-state index contributed by atoms with van der Waals surface area (Å²) in [5, 5.41) is 0.625. The lowest BCUT2D eigenvalue weighted by Gasteiger charge is -2.35. The quantitative estimate of drug-likeness (QED) is 0.644. The largest absolute Gasteiger partial charge is 0.476 e. The zero-order valence-electron chi connectivity index (χ0n) is 15.7. The Kier molecular flexibility index (Phi) is 6.76. The number of ketones is 1. The van der Waals surface area contributed by atoms with Crippen molar-refractivity contribution in [1.82, 2.24) is 4.98 Å². The van der Waals surface area contributed by atoms with Gasteiger partial charge in [-0.2, -0.15) is 0 Å². The van der Waals surface area contributed by atoms with E-state index in [-0.39, 0.29) is 11.9 Å². The number of hydrogen-bond donors (Lipinski definition) is 0. The van der Waals surface area contributed by atoms with Crippen LogP contribution in [0.25, 0.3) is 0 Å². The molecule has 0 unspecified atom stereocenters. The molecule has 0 bridgehead atoms. The van der Waals surface area contributed by atoms with Gasteiger partial charge in [0.25, 0.3) is 0 Å². The summed E-state index contributed by atoms with van der Waals surface area (Å²) < 4.78 is 11.8. The highest BCUT2D eigenvalue weighted by Crippen LogP contribution is 2.36. The topological polar surface area (TPSA) is 51.7 Å². The molecule has 144 valence electrons. The summed E-state index contributed by atoms with van der Waals surface area (Å²) in [5.74, 6) is 1.53. The zero-order valence-corrected chi connectivity index (χ0v) is 16.5. The van der Waals surface area contributed by atoms with Crippen LogP contribution < -0.4 is 9.64 Å². The minimum atomic E-state index is 0.224. The van der Waals surface area contributed by atoms with Crippen LogP contribution in [0, 0.1) is 11.8 Å². The highest BCUT2D eigenvalue weighted by atomic mass is 35.5. The molecule has 0 spiro atoms. The van der Waals surface area contributed by atoms with Gasteiger partial charge < -0.3 is 19.2 Å². The Bertz CT molecular complexity index is 613. The van der Waals surface area contributed by atoms with Crippen molar-refractivity contribution in [2.24, 2.45) is 11.8 Å². The molecule has 1 saturated heterocycles. The molecule has 0 aromatic carbocycles. The van der Waals surface area contributed by atoms with Crippen LogP contribution in [0.4, 0.5) is 5.69 Å². The van der Waals surface area contributed by atoms with Crippen molar-refractivity contribution in [3.05, 3.63) is 17.3 Å². The Morgan fingerprint density at radius 3 is 2.81 bits per heavy atom. The van der Waals surface area contributed by atoms with Crippen LogP contribution in [0.2, 0.25) is 5.02 Å². The summed E-state index contributed by atoms with van der Waals surface area (Å²) in [7, 11) is 0. The van der Waals surface area contributed by atoms with Gasteiger partial charge in [-0.3, -0.25) is 0 Å². The second kappa shape index (κ2) is 9.05. The Hall–Kier alpha value is -1.33. The zero-order chi connectivity index (χ0) is 18.5. The molecule has 26 heavy (non-hydrogen) atoms. The number of carbonyl (C=O) groups excluding carboxylic acids is 1. The molecule has 0 amide bonds. The van der Waals surface area contributed by atoms with Gasteiger partial charge in [0, 0.05) is 32.3 Å². The molecule has 2 heterocycles. The smallest absolute Gasteiger partial charge is 0.234 e. The normalized spacial score (nSPS) is 23.6. The third kappa shape index (κ3) is 5.10. The number of Topliss-reactive ketones (excluding diaryl/α,β-unsaturated/α-hetero) is 1. The van der Waals surface area contributed by atoms with Crippen LogP contribution in [0.15, 0.2) is 12.3 Å². The summed E-state index contributed by atoms with van der Waals surface area (Å²) in [5.41, 5.74) is 1.03. The van der Waals surface area contributed by atoms with Gasteiger partial charge in [0.1, 0.15) is 10.8 Å². The Labute approximate surface area is 161 Å². The average molecular weight is 381 g/mol. The number of nitrogens with zero attached hydrogens (tertiary/aromatic N) is 2. The van der Waals surface area contributed by atoms with Gasteiger partial charge in [-0.25, -0.2) is 4.98 Å². The minimum Gasteiger partial charge on any atom is -0.476 e. The Balaban J connectivity index is 1.39. The van der Waals surface area contributed by atoms with Crippen LogP contribution in [0.3, 0.4) is 0 Å². The van der Waals surface area contributed by atoms with E-state index in [4.69, 9.17) is 21.1 Å². The minimum absolute atomic E-state index is 0.224. The van der Waals surface area contributed by atoms with Crippen molar-refractivity contribution in [3.63, 3.8) is 0 Å². The van der Waals surface area contributed by atoms with E-state index in [1.165, 1.54) is 12.8 Å². The third-order valence-electron chi connectivity index (χ3n) is 5.18. The lowest BCUT2D eigenvalue weighted by molar-refractivity contribution is -0.119. The van der Waals surface area contributed by atoms with E-state index in [0.717, 1.165) is 31.6 Å². The lowest BCUT2D eigenvalue weighted by Crippen LogP contribution is -2.36. The van der Waals surface area contributed by atoms with Gasteiger partial charge in [0.2, 0.25) is 5.88 Å². The highest BCUT2D eigenvalue weighted by molar-refractivity contribution is 6.34. The maximum Gasteiger partial charge on any atom is 0.234 e. The molecule has 3 rings (SSSR count). The first-order valence-corrected chi connectivity index (χ1v) is 10.0. The molecule has 1 atom stereocenters. The number of anilines is 1. The van der Waals surface area contributed by atoms with Crippen molar-refractivity contribution in [2.45, 2.75) is 52.1 Å². The molecule has 5 nitrogen and oxygen atoms in total. The van der Waals surface area contributed by atoms with E-state index in [9.17, 15) is 4.79 Å². The van der Waals surface area contributed by atoms with Crippen molar-refractivity contribution < 1.29 is 14.3 Å². The first-order chi connectivity index (χ1) is 12.5. The molecular weight excluding hydrogens is 352 g/mol. The van der Waals surface area contributed by atoms with Gasteiger partial charge in [-0.1, -0.05) is 18.5 Å². The molecule has 1 aliphatic carbocycles. The highest BCUT2D eigenvalue weighted by Gasteiger charge is 2.31. The predicted molar refractivity (Wildman–Crippen MR) is 103 cm³/mol. The number of rotatable bonds is 9. The number of aromatic nitrogens is 1. The van der Waals surface area contributed by atoms with Gasteiger partial charge in [0.05, 0.1) is 18.4 Å². The van der Waals surface area contributed by atoms with Gasteiger partial charge in [-0.05, 0) is 50.5 Å². The SMILES string of the molecule is CC(=O)C[C@@H](C)COC1CC(COc2nccc(N3CCCC3)c2Cl)C1. The number of halogens is 1. The molecule has 0 N–H and O–H groups in total. The third-order valence-corrected chi connectivity index (χ3v) is 5.54. The fraction of sp³-hybridized carbons (Fsp3) is 0.700.